The number of nitrogens with one attached hydrogen (secondary N) is 1. The molecule has 5 nitrogen and oxygen atoms in total. The Labute approximate surface area is 119 Å². The summed E-state index contributed by atoms with van der Waals surface area (Å²) >= 11 is 5.69. The number of rotatable bonds is 5. The van der Waals surface area contributed by atoms with E-state index in [0.717, 1.165) is 0 Å². The third-order valence-electron chi connectivity index (χ3n) is 2.99. The molecule has 8 heteroatoms. The molecular formula is C12H13ClF2N2O3. The first-order chi connectivity index (χ1) is 9.25. The largest absolute Gasteiger partial charge is 0.346 e. The van der Waals surface area contributed by atoms with Gasteiger partial charge in [0.2, 0.25) is 5.82 Å². The second-order valence-electron chi connectivity index (χ2n) is 4.51. The zero-order chi connectivity index (χ0) is 15.5. The number of benzene rings is 1. The van der Waals surface area contributed by atoms with E-state index in [2.05, 4.69) is 5.32 Å². The zero-order valence-corrected chi connectivity index (χ0v) is 11.6. The lowest BCUT2D eigenvalue weighted by Gasteiger charge is -2.27. The molecule has 1 aromatic rings. The van der Waals surface area contributed by atoms with Crippen molar-refractivity contribution in [2.24, 2.45) is 0 Å². The van der Waals surface area contributed by atoms with Crippen LogP contribution in [-0.4, -0.2) is 22.2 Å². The van der Waals surface area contributed by atoms with Crippen LogP contribution in [0.25, 0.3) is 0 Å². The van der Waals surface area contributed by atoms with Gasteiger partial charge < -0.3 is 5.32 Å². The number of nitro groups is 1. The van der Waals surface area contributed by atoms with Gasteiger partial charge >= 0.3 is 5.69 Å². The molecular weight excluding hydrogens is 294 g/mol. The summed E-state index contributed by atoms with van der Waals surface area (Å²) in [6.45, 7) is 3.34. The average molecular weight is 307 g/mol. The number of carbonyl (C=O) groups excluding carboxylic acids is 1. The molecule has 20 heavy (non-hydrogen) atoms. The molecule has 0 heterocycles. The van der Waals surface area contributed by atoms with E-state index in [0.29, 0.717) is 18.6 Å². The molecule has 1 rings (SSSR count). The van der Waals surface area contributed by atoms with Gasteiger partial charge in [-0.15, -0.1) is 11.6 Å². The van der Waals surface area contributed by atoms with Gasteiger partial charge in [-0.05, 0) is 19.4 Å². The van der Waals surface area contributed by atoms with Crippen molar-refractivity contribution in [1.29, 1.82) is 0 Å². The van der Waals surface area contributed by atoms with Crippen LogP contribution in [0.1, 0.15) is 30.6 Å². The van der Waals surface area contributed by atoms with Crippen molar-refractivity contribution in [2.45, 2.75) is 25.8 Å². The third-order valence-corrected chi connectivity index (χ3v) is 3.57. The predicted octanol–water partition coefficient (Wildman–Crippen LogP) is 3.01. The molecule has 0 aliphatic rings. The third kappa shape index (κ3) is 3.22. The molecule has 0 radical (unpaired) electrons. The van der Waals surface area contributed by atoms with Crippen molar-refractivity contribution in [2.75, 3.05) is 5.88 Å². The van der Waals surface area contributed by atoms with Crippen LogP contribution in [0.3, 0.4) is 0 Å². The number of halogens is 3. The molecule has 1 atom stereocenters. The summed E-state index contributed by atoms with van der Waals surface area (Å²) in [5.41, 5.74) is -2.80. The summed E-state index contributed by atoms with van der Waals surface area (Å²) in [5.74, 6) is -3.71. The average Bonchev–Trinajstić information content (AvgIpc) is 2.38. The minimum absolute atomic E-state index is 0.0351. The quantitative estimate of drug-likeness (QED) is 0.516. The highest BCUT2D eigenvalue weighted by Gasteiger charge is 2.30. The van der Waals surface area contributed by atoms with Gasteiger partial charge in [-0.25, -0.2) is 4.39 Å². The molecule has 0 bridgehead atoms. The zero-order valence-electron chi connectivity index (χ0n) is 10.9. The fourth-order valence-corrected chi connectivity index (χ4v) is 1.70. The van der Waals surface area contributed by atoms with Crippen LogP contribution in [0.2, 0.25) is 0 Å². The van der Waals surface area contributed by atoms with Crippen LogP contribution in [-0.2, 0) is 0 Å². The van der Waals surface area contributed by atoms with Gasteiger partial charge in [0.25, 0.3) is 5.91 Å². The highest BCUT2D eigenvalue weighted by atomic mass is 35.5. The standard InChI is InChI=1S/C12H13ClF2N2O3/c1-3-12(2,6-13)16-11(18)9-7(14)4-5-8(10(9)15)17(19)20/h4-5H,3,6H2,1-2H3,(H,16,18). The van der Waals surface area contributed by atoms with E-state index in [1.165, 1.54) is 0 Å². The summed E-state index contributed by atoms with van der Waals surface area (Å²) < 4.78 is 27.4. The van der Waals surface area contributed by atoms with E-state index in [1.54, 1.807) is 13.8 Å². The van der Waals surface area contributed by atoms with Crippen molar-refractivity contribution in [1.82, 2.24) is 5.32 Å². The first kappa shape index (κ1) is 16.3. The van der Waals surface area contributed by atoms with E-state index in [1.807, 2.05) is 0 Å². The van der Waals surface area contributed by atoms with Gasteiger partial charge in [0.15, 0.2) is 0 Å². The number of carbonyl (C=O) groups is 1. The van der Waals surface area contributed by atoms with Gasteiger partial charge in [-0.1, -0.05) is 6.92 Å². The predicted molar refractivity (Wildman–Crippen MR) is 69.9 cm³/mol. The van der Waals surface area contributed by atoms with Gasteiger partial charge in [-0.3, -0.25) is 14.9 Å². The van der Waals surface area contributed by atoms with Crippen LogP contribution in [0.5, 0.6) is 0 Å². The van der Waals surface area contributed by atoms with Crippen LogP contribution in [0, 0.1) is 21.7 Å². The van der Waals surface area contributed by atoms with E-state index >= 15 is 0 Å². The molecule has 0 saturated heterocycles. The Balaban J connectivity index is 3.23. The molecule has 0 aliphatic carbocycles. The fourth-order valence-electron chi connectivity index (χ4n) is 1.44. The number of nitro benzene ring substituents is 1. The van der Waals surface area contributed by atoms with Gasteiger partial charge in [0.05, 0.1) is 10.5 Å². The second kappa shape index (κ2) is 6.13. The van der Waals surface area contributed by atoms with Gasteiger partial charge in [-0.2, -0.15) is 4.39 Å². The second-order valence-corrected chi connectivity index (χ2v) is 4.78. The van der Waals surface area contributed by atoms with Crippen molar-refractivity contribution in [3.05, 3.63) is 39.4 Å². The Bertz CT molecular complexity index is 548. The van der Waals surface area contributed by atoms with E-state index in [9.17, 15) is 23.7 Å². The first-order valence-corrected chi connectivity index (χ1v) is 6.30. The van der Waals surface area contributed by atoms with Crippen LogP contribution in [0.4, 0.5) is 14.5 Å². The number of hydrogen-bond donors (Lipinski definition) is 1. The maximum atomic E-state index is 13.8. The fraction of sp³-hybridized carbons (Fsp3) is 0.417. The van der Waals surface area contributed by atoms with Crippen molar-refractivity contribution < 1.29 is 18.5 Å². The van der Waals surface area contributed by atoms with E-state index in [-0.39, 0.29) is 5.88 Å². The van der Waals surface area contributed by atoms with Crippen molar-refractivity contribution in [3.8, 4) is 0 Å². The topological polar surface area (TPSA) is 72.2 Å². The summed E-state index contributed by atoms with van der Waals surface area (Å²) in [4.78, 5) is 21.5. The normalized spacial score (nSPS) is 13.7. The lowest BCUT2D eigenvalue weighted by atomic mass is 10.0. The van der Waals surface area contributed by atoms with Crippen LogP contribution < -0.4 is 5.32 Å². The molecule has 0 aromatic heterocycles. The Morgan fingerprint density at radius 2 is 2.10 bits per heavy atom. The number of amides is 1. The molecule has 1 aromatic carbocycles. The van der Waals surface area contributed by atoms with Crippen LogP contribution >= 0.6 is 11.6 Å². The molecule has 1 unspecified atom stereocenters. The highest BCUT2D eigenvalue weighted by molar-refractivity contribution is 6.18. The Hall–Kier alpha value is -1.76. The van der Waals surface area contributed by atoms with E-state index in [4.69, 9.17) is 11.6 Å². The van der Waals surface area contributed by atoms with Gasteiger partial charge in [0, 0.05) is 11.9 Å². The molecule has 1 amide bonds. The lowest BCUT2D eigenvalue weighted by Crippen LogP contribution is -2.47. The van der Waals surface area contributed by atoms with Gasteiger partial charge in [0.1, 0.15) is 11.4 Å². The Kier molecular flexibility index (Phi) is 4.99. The van der Waals surface area contributed by atoms with E-state index < -0.39 is 39.3 Å². The monoisotopic (exact) mass is 306 g/mol. The lowest BCUT2D eigenvalue weighted by molar-refractivity contribution is -0.387. The number of hydrogen-bond acceptors (Lipinski definition) is 3. The summed E-state index contributed by atoms with van der Waals surface area (Å²) in [5, 5.41) is 13.0. The molecule has 0 saturated carbocycles. The molecule has 0 fully saturated rings. The smallest absolute Gasteiger partial charge is 0.305 e. The van der Waals surface area contributed by atoms with Crippen LogP contribution in [0.15, 0.2) is 12.1 Å². The molecule has 0 spiro atoms. The maximum Gasteiger partial charge on any atom is 0.305 e. The summed E-state index contributed by atoms with van der Waals surface area (Å²) in [6, 6.07) is 1.35. The molecule has 110 valence electrons. The molecule has 1 N–H and O–H groups in total. The maximum absolute atomic E-state index is 13.8. The number of alkyl halides is 1. The highest BCUT2D eigenvalue weighted by Crippen LogP contribution is 2.24. The molecule has 0 aliphatic heterocycles. The first-order valence-electron chi connectivity index (χ1n) is 5.76. The minimum atomic E-state index is -1.50. The van der Waals surface area contributed by atoms with Crippen molar-refractivity contribution >= 4 is 23.2 Å². The summed E-state index contributed by atoms with van der Waals surface area (Å²) in [6.07, 6.45) is 0.431. The van der Waals surface area contributed by atoms with Crippen molar-refractivity contribution in [3.63, 3.8) is 0 Å². The SMILES string of the molecule is CCC(C)(CCl)NC(=O)c1c(F)ccc([N+](=O)[O-])c1F. The number of nitrogens with zero attached hydrogens (tertiary/aromatic N) is 1. The Morgan fingerprint density at radius 3 is 2.55 bits per heavy atom. The minimum Gasteiger partial charge on any atom is -0.346 e. The summed E-state index contributed by atoms with van der Waals surface area (Å²) in [7, 11) is 0. The Morgan fingerprint density at radius 1 is 1.50 bits per heavy atom.